The summed E-state index contributed by atoms with van der Waals surface area (Å²) in [5.41, 5.74) is -0.760. The summed E-state index contributed by atoms with van der Waals surface area (Å²) >= 11 is 5.96. The minimum absolute atomic E-state index is 0.0183. The Bertz CT molecular complexity index is 951. The number of nitrogens with zero attached hydrogens (tertiary/aromatic N) is 1. The van der Waals surface area contributed by atoms with Crippen molar-refractivity contribution in [3.8, 4) is 11.5 Å². The molecule has 0 radical (unpaired) electrons. The normalized spacial score (nSPS) is 11.8. The summed E-state index contributed by atoms with van der Waals surface area (Å²) in [6.45, 7) is -0.699. The minimum Gasteiger partial charge on any atom is -0.454 e. The van der Waals surface area contributed by atoms with Gasteiger partial charge in [0, 0.05) is 11.8 Å². The van der Waals surface area contributed by atoms with Crippen LogP contribution in [0.5, 0.6) is 11.5 Å². The number of carbonyl (C=O) groups is 2. The quantitative estimate of drug-likeness (QED) is 0.469. The SMILES string of the molecule is O=C(COC(=O)c1cc(Cl)c2c(c1)OCO2)Nc1ccc(F)c([N+](=O)[O-])c1. The van der Waals surface area contributed by atoms with Crippen molar-refractivity contribution in [2.45, 2.75) is 0 Å². The van der Waals surface area contributed by atoms with Gasteiger partial charge in [0.15, 0.2) is 18.1 Å². The van der Waals surface area contributed by atoms with Crippen LogP contribution in [0.25, 0.3) is 0 Å². The van der Waals surface area contributed by atoms with Crippen LogP contribution in [0.4, 0.5) is 15.8 Å². The smallest absolute Gasteiger partial charge is 0.338 e. The van der Waals surface area contributed by atoms with Crippen LogP contribution in [0, 0.1) is 15.9 Å². The molecular formula is C16H10ClFN2O7. The molecule has 1 aliphatic heterocycles. The number of nitro groups is 1. The summed E-state index contributed by atoms with van der Waals surface area (Å²) in [5, 5.41) is 13.1. The van der Waals surface area contributed by atoms with E-state index < -0.39 is 34.9 Å². The Hall–Kier alpha value is -3.40. The maximum atomic E-state index is 13.3. The van der Waals surface area contributed by atoms with Crippen LogP contribution >= 0.6 is 11.6 Å². The molecule has 2 aromatic carbocycles. The number of rotatable bonds is 5. The second-order valence-electron chi connectivity index (χ2n) is 5.24. The monoisotopic (exact) mass is 396 g/mol. The molecular weight excluding hydrogens is 387 g/mol. The molecule has 0 aromatic heterocycles. The van der Waals surface area contributed by atoms with Gasteiger partial charge in [-0.15, -0.1) is 0 Å². The number of halogens is 2. The van der Waals surface area contributed by atoms with Crippen LogP contribution < -0.4 is 14.8 Å². The van der Waals surface area contributed by atoms with Crippen molar-refractivity contribution in [1.29, 1.82) is 0 Å². The Morgan fingerprint density at radius 3 is 2.81 bits per heavy atom. The van der Waals surface area contributed by atoms with Crippen molar-refractivity contribution < 1.29 is 33.1 Å². The van der Waals surface area contributed by atoms with E-state index in [0.29, 0.717) is 5.75 Å². The second kappa shape index (κ2) is 7.46. The lowest BCUT2D eigenvalue weighted by Crippen LogP contribution is -2.21. The first-order chi connectivity index (χ1) is 12.8. The molecule has 0 atom stereocenters. The number of nitrogens with one attached hydrogen (secondary N) is 1. The molecule has 1 heterocycles. The van der Waals surface area contributed by atoms with Gasteiger partial charge in [0.25, 0.3) is 5.91 Å². The van der Waals surface area contributed by atoms with Gasteiger partial charge in [-0.25, -0.2) is 4.79 Å². The molecule has 2 aromatic rings. The van der Waals surface area contributed by atoms with Gasteiger partial charge in [-0.2, -0.15) is 4.39 Å². The molecule has 0 saturated heterocycles. The first-order valence-corrected chi connectivity index (χ1v) is 7.73. The fraction of sp³-hybridized carbons (Fsp3) is 0.125. The molecule has 1 N–H and O–H groups in total. The number of amides is 1. The highest BCUT2D eigenvalue weighted by molar-refractivity contribution is 6.32. The lowest BCUT2D eigenvalue weighted by Gasteiger charge is -2.08. The van der Waals surface area contributed by atoms with E-state index in [1.165, 1.54) is 12.1 Å². The summed E-state index contributed by atoms with van der Waals surface area (Å²) in [6, 6.07) is 5.50. The second-order valence-corrected chi connectivity index (χ2v) is 5.65. The van der Waals surface area contributed by atoms with Crippen LogP contribution in [0.15, 0.2) is 30.3 Å². The van der Waals surface area contributed by atoms with Gasteiger partial charge in [0.2, 0.25) is 12.6 Å². The molecule has 0 saturated carbocycles. The largest absolute Gasteiger partial charge is 0.454 e. The van der Waals surface area contributed by atoms with Gasteiger partial charge in [-0.1, -0.05) is 11.6 Å². The maximum absolute atomic E-state index is 13.3. The van der Waals surface area contributed by atoms with E-state index in [1.54, 1.807) is 0 Å². The molecule has 0 unspecified atom stereocenters. The van der Waals surface area contributed by atoms with Gasteiger partial charge in [-0.05, 0) is 24.3 Å². The Balaban J connectivity index is 1.61. The van der Waals surface area contributed by atoms with E-state index >= 15 is 0 Å². The average Bonchev–Trinajstić information content (AvgIpc) is 3.10. The number of nitro benzene ring substituents is 1. The minimum atomic E-state index is -1.04. The zero-order valence-electron chi connectivity index (χ0n) is 13.4. The van der Waals surface area contributed by atoms with Gasteiger partial charge < -0.3 is 19.5 Å². The van der Waals surface area contributed by atoms with E-state index in [2.05, 4.69) is 5.32 Å². The van der Waals surface area contributed by atoms with Crippen molar-refractivity contribution in [3.05, 3.63) is 56.8 Å². The number of benzene rings is 2. The van der Waals surface area contributed by atoms with Crippen molar-refractivity contribution >= 4 is 34.9 Å². The molecule has 0 aliphatic carbocycles. The van der Waals surface area contributed by atoms with Crippen LogP contribution in [-0.2, 0) is 9.53 Å². The fourth-order valence-corrected chi connectivity index (χ4v) is 2.49. The molecule has 3 rings (SSSR count). The van der Waals surface area contributed by atoms with Crippen molar-refractivity contribution in [1.82, 2.24) is 0 Å². The fourth-order valence-electron chi connectivity index (χ4n) is 2.23. The van der Waals surface area contributed by atoms with Crippen LogP contribution in [0.1, 0.15) is 10.4 Å². The Kier molecular flexibility index (Phi) is 5.08. The third-order valence-electron chi connectivity index (χ3n) is 3.42. The van der Waals surface area contributed by atoms with Gasteiger partial charge in [0.1, 0.15) is 0 Å². The first-order valence-electron chi connectivity index (χ1n) is 7.35. The molecule has 0 fully saturated rings. The molecule has 9 nitrogen and oxygen atoms in total. The third-order valence-corrected chi connectivity index (χ3v) is 3.70. The number of esters is 1. The van der Waals surface area contributed by atoms with E-state index in [1.807, 2.05) is 0 Å². The zero-order chi connectivity index (χ0) is 19.6. The summed E-state index contributed by atoms with van der Waals surface area (Å²) in [4.78, 5) is 33.7. The highest BCUT2D eigenvalue weighted by Crippen LogP contribution is 2.39. The molecule has 1 aliphatic rings. The molecule has 0 spiro atoms. The highest BCUT2D eigenvalue weighted by atomic mass is 35.5. The Morgan fingerprint density at radius 2 is 2.07 bits per heavy atom. The number of hydrogen-bond donors (Lipinski definition) is 1. The van der Waals surface area contributed by atoms with E-state index in [-0.39, 0.29) is 28.8 Å². The lowest BCUT2D eigenvalue weighted by atomic mass is 10.2. The Morgan fingerprint density at radius 1 is 1.30 bits per heavy atom. The molecule has 27 heavy (non-hydrogen) atoms. The number of fused-ring (bicyclic) bond motifs is 1. The summed E-state index contributed by atoms with van der Waals surface area (Å²) in [6.07, 6.45) is 0. The molecule has 140 valence electrons. The highest BCUT2D eigenvalue weighted by Gasteiger charge is 2.22. The Labute approximate surface area is 155 Å². The van der Waals surface area contributed by atoms with Crippen LogP contribution in [0.2, 0.25) is 5.02 Å². The van der Waals surface area contributed by atoms with Crippen LogP contribution in [-0.4, -0.2) is 30.2 Å². The average molecular weight is 397 g/mol. The van der Waals surface area contributed by atoms with Crippen molar-refractivity contribution in [3.63, 3.8) is 0 Å². The molecule has 0 bridgehead atoms. The lowest BCUT2D eigenvalue weighted by molar-refractivity contribution is -0.387. The van der Waals surface area contributed by atoms with E-state index in [9.17, 15) is 24.1 Å². The zero-order valence-corrected chi connectivity index (χ0v) is 14.1. The third kappa shape index (κ3) is 4.06. The van der Waals surface area contributed by atoms with Gasteiger partial charge in [0.05, 0.1) is 15.5 Å². The number of carbonyl (C=O) groups excluding carboxylic acids is 2. The standard InChI is InChI=1S/C16H10ClFN2O7/c17-10-3-8(4-13-15(10)27-7-26-13)16(22)25-6-14(21)19-9-1-2-11(18)12(5-9)20(23)24/h1-5H,6-7H2,(H,19,21). The molecule has 1 amide bonds. The van der Waals surface area contributed by atoms with Crippen LogP contribution in [0.3, 0.4) is 0 Å². The summed E-state index contributed by atoms with van der Waals surface area (Å²) in [5.74, 6) is -2.06. The predicted molar refractivity (Wildman–Crippen MR) is 89.5 cm³/mol. The predicted octanol–water partition coefficient (Wildman–Crippen LogP) is 2.91. The van der Waals surface area contributed by atoms with Crippen molar-refractivity contribution in [2.75, 3.05) is 18.7 Å². The van der Waals surface area contributed by atoms with E-state index in [0.717, 1.165) is 18.2 Å². The topological polar surface area (TPSA) is 117 Å². The first kappa shape index (κ1) is 18.4. The summed E-state index contributed by atoms with van der Waals surface area (Å²) in [7, 11) is 0. The number of ether oxygens (including phenoxy) is 3. The van der Waals surface area contributed by atoms with E-state index in [4.69, 9.17) is 25.8 Å². The number of hydrogen-bond acceptors (Lipinski definition) is 7. The maximum Gasteiger partial charge on any atom is 0.338 e. The number of anilines is 1. The summed E-state index contributed by atoms with van der Waals surface area (Å²) < 4.78 is 28.4. The van der Waals surface area contributed by atoms with Gasteiger partial charge >= 0.3 is 11.7 Å². The van der Waals surface area contributed by atoms with Crippen molar-refractivity contribution in [2.24, 2.45) is 0 Å². The molecule has 11 heteroatoms. The van der Waals surface area contributed by atoms with Gasteiger partial charge in [-0.3, -0.25) is 14.9 Å².